The van der Waals surface area contributed by atoms with Gasteiger partial charge in [-0.3, -0.25) is 34.6 Å². The summed E-state index contributed by atoms with van der Waals surface area (Å²) >= 11 is 5.98. The molecule has 2 aromatic carbocycles. The Bertz CT molecular complexity index is 1520. The zero-order chi connectivity index (χ0) is 27.8. The van der Waals surface area contributed by atoms with E-state index in [4.69, 9.17) is 20.9 Å². The van der Waals surface area contributed by atoms with Crippen LogP contribution in [0, 0.1) is 0 Å². The van der Waals surface area contributed by atoms with E-state index in [0.29, 0.717) is 22.3 Å². The van der Waals surface area contributed by atoms with Gasteiger partial charge in [-0.15, -0.1) is 0 Å². The molecule has 2 aromatic heterocycles. The van der Waals surface area contributed by atoms with Gasteiger partial charge in [0.25, 0.3) is 23.3 Å². The lowest BCUT2D eigenvalue weighted by atomic mass is 10.2. The number of ether oxygens (including phenoxy) is 2. The molecule has 2 amide bonds. The van der Waals surface area contributed by atoms with Crippen LogP contribution < -0.4 is 26.5 Å². The quantitative estimate of drug-likeness (QED) is 0.207. The van der Waals surface area contributed by atoms with Crippen LogP contribution in [0.2, 0.25) is 5.02 Å². The van der Waals surface area contributed by atoms with Crippen molar-refractivity contribution in [3.8, 4) is 11.6 Å². The predicted molar refractivity (Wildman–Crippen MR) is 138 cm³/mol. The molecule has 13 nitrogen and oxygen atoms in total. The topological polar surface area (TPSA) is 167 Å². The Morgan fingerprint density at radius 1 is 1.03 bits per heavy atom. The first-order chi connectivity index (χ1) is 18.8. The zero-order valence-electron chi connectivity index (χ0n) is 20.3. The second kappa shape index (κ2) is 12.4. The number of hydrogen-bond donors (Lipinski definition) is 3. The molecule has 4 aromatic rings. The molecular formula is C25H21ClN6O7. The van der Waals surface area contributed by atoms with Gasteiger partial charge in [-0.1, -0.05) is 23.7 Å². The van der Waals surface area contributed by atoms with Crippen molar-refractivity contribution in [1.82, 2.24) is 25.6 Å². The van der Waals surface area contributed by atoms with Crippen molar-refractivity contribution < 1.29 is 28.4 Å². The number of aromatic nitrogens is 3. The third-order valence-electron chi connectivity index (χ3n) is 5.01. The SMILES string of the molecule is CC(=O)OCC(=O)NNC(=O)c1cnc(Nc2ccc(Oc3ccon3)cc2)n(Cc2ccc(Cl)cc2)c1=O. The Balaban J connectivity index is 1.56. The number of rotatable bonds is 9. The van der Waals surface area contributed by atoms with Crippen molar-refractivity contribution in [3.63, 3.8) is 0 Å². The lowest BCUT2D eigenvalue weighted by Crippen LogP contribution is -2.45. The summed E-state index contributed by atoms with van der Waals surface area (Å²) in [5.41, 5.74) is 4.46. The predicted octanol–water partition coefficient (Wildman–Crippen LogP) is 2.79. The molecule has 200 valence electrons. The summed E-state index contributed by atoms with van der Waals surface area (Å²) in [6, 6.07) is 15.1. The van der Waals surface area contributed by atoms with Crippen molar-refractivity contribution >= 4 is 41.0 Å². The van der Waals surface area contributed by atoms with Crippen LogP contribution >= 0.6 is 11.6 Å². The van der Waals surface area contributed by atoms with Gasteiger partial charge in [0.2, 0.25) is 5.95 Å². The number of hydrazine groups is 1. The van der Waals surface area contributed by atoms with E-state index in [-0.39, 0.29) is 18.1 Å². The first-order valence-corrected chi connectivity index (χ1v) is 11.7. The molecule has 0 atom stereocenters. The van der Waals surface area contributed by atoms with E-state index in [0.717, 1.165) is 18.7 Å². The fraction of sp³-hybridized carbons (Fsp3) is 0.120. The van der Waals surface area contributed by atoms with Crippen LogP contribution in [0.25, 0.3) is 0 Å². The molecule has 4 rings (SSSR count). The number of amides is 2. The first kappa shape index (κ1) is 26.9. The molecule has 0 saturated heterocycles. The Morgan fingerprint density at radius 3 is 2.44 bits per heavy atom. The average Bonchev–Trinajstić information content (AvgIpc) is 3.43. The normalized spacial score (nSPS) is 10.4. The van der Waals surface area contributed by atoms with Crippen molar-refractivity contribution in [2.75, 3.05) is 11.9 Å². The molecule has 0 aliphatic carbocycles. The van der Waals surface area contributed by atoms with Gasteiger partial charge in [0.15, 0.2) is 6.61 Å². The van der Waals surface area contributed by atoms with E-state index in [1.54, 1.807) is 54.6 Å². The minimum absolute atomic E-state index is 0.0542. The Kier molecular flexibility index (Phi) is 8.53. The van der Waals surface area contributed by atoms with E-state index >= 15 is 0 Å². The summed E-state index contributed by atoms with van der Waals surface area (Å²) in [5, 5.41) is 7.27. The first-order valence-electron chi connectivity index (χ1n) is 11.3. The maximum atomic E-state index is 13.4. The molecule has 0 bridgehead atoms. The van der Waals surface area contributed by atoms with Gasteiger partial charge in [-0.25, -0.2) is 4.98 Å². The molecular weight excluding hydrogens is 532 g/mol. The number of nitrogens with one attached hydrogen (secondary N) is 3. The molecule has 0 saturated carbocycles. The summed E-state index contributed by atoms with van der Waals surface area (Å²) < 4.78 is 16.1. The molecule has 0 unspecified atom stereocenters. The van der Waals surface area contributed by atoms with E-state index in [1.807, 2.05) is 0 Å². The third kappa shape index (κ3) is 7.42. The van der Waals surface area contributed by atoms with Crippen LogP contribution in [-0.4, -0.2) is 39.1 Å². The fourth-order valence-corrected chi connectivity index (χ4v) is 3.30. The number of anilines is 2. The monoisotopic (exact) mass is 552 g/mol. The smallest absolute Gasteiger partial charge is 0.303 e. The van der Waals surface area contributed by atoms with Crippen molar-refractivity contribution in [2.24, 2.45) is 0 Å². The van der Waals surface area contributed by atoms with Crippen molar-refractivity contribution in [3.05, 3.63) is 93.6 Å². The molecule has 0 spiro atoms. The van der Waals surface area contributed by atoms with E-state index in [2.05, 4.69) is 31.0 Å². The van der Waals surface area contributed by atoms with Crippen LogP contribution in [0.3, 0.4) is 0 Å². The second-order valence-electron chi connectivity index (χ2n) is 7.88. The molecule has 2 heterocycles. The van der Waals surface area contributed by atoms with Crippen LogP contribution in [0.15, 0.2) is 76.4 Å². The summed E-state index contributed by atoms with van der Waals surface area (Å²) in [6.07, 6.45) is 2.47. The number of esters is 1. The third-order valence-corrected chi connectivity index (χ3v) is 5.27. The zero-order valence-corrected chi connectivity index (χ0v) is 21.1. The highest BCUT2D eigenvalue weighted by Crippen LogP contribution is 2.23. The fourth-order valence-electron chi connectivity index (χ4n) is 3.17. The Hall–Kier alpha value is -5.17. The van der Waals surface area contributed by atoms with Crippen molar-refractivity contribution in [1.29, 1.82) is 0 Å². The lowest BCUT2D eigenvalue weighted by molar-refractivity contribution is -0.146. The van der Waals surface area contributed by atoms with Gasteiger partial charge < -0.3 is 19.3 Å². The maximum Gasteiger partial charge on any atom is 0.303 e. The van der Waals surface area contributed by atoms with Crippen LogP contribution in [0.1, 0.15) is 22.8 Å². The largest absolute Gasteiger partial charge is 0.456 e. The van der Waals surface area contributed by atoms with Gasteiger partial charge in [-0.2, -0.15) is 0 Å². The Morgan fingerprint density at radius 2 is 1.77 bits per heavy atom. The molecule has 0 radical (unpaired) electrons. The summed E-state index contributed by atoms with van der Waals surface area (Å²) in [7, 11) is 0. The molecule has 14 heteroatoms. The number of carbonyl (C=O) groups excluding carboxylic acids is 3. The average molecular weight is 553 g/mol. The van der Waals surface area contributed by atoms with Crippen LogP contribution in [0.5, 0.6) is 11.6 Å². The van der Waals surface area contributed by atoms with Gasteiger partial charge in [-0.05, 0) is 47.1 Å². The Labute approximate surface area is 225 Å². The van der Waals surface area contributed by atoms with E-state index in [1.165, 1.54) is 10.8 Å². The number of benzene rings is 2. The minimum Gasteiger partial charge on any atom is -0.456 e. The highest BCUT2D eigenvalue weighted by molar-refractivity contribution is 6.30. The van der Waals surface area contributed by atoms with Gasteiger partial charge in [0, 0.05) is 29.9 Å². The standard InChI is InChI=1S/C25H21ClN6O7/c1-15(33)37-14-21(34)29-30-23(35)20-12-27-25(32(24(20)36)13-16-2-4-17(26)5-3-16)28-18-6-8-19(9-7-18)39-22-10-11-38-31-22/h2-12H,13-14H2,1H3,(H,27,28)(H,29,34)(H,30,35). The molecule has 0 fully saturated rings. The minimum atomic E-state index is -0.908. The lowest BCUT2D eigenvalue weighted by Gasteiger charge is -2.15. The van der Waals surface area contributed by atoms with Gasteiger partial charge in [0.05, 0.1) is 6.54 Å². The molecule has 0 aliphatic rings. The van der Waals surface area contributed by atoms with E-state index in [9.17, 15) is 19.2 Å². The maximum absolute atomic E-state index is 13.4. The highest BCUT2D eigenvalue weighted by Gasteiger charge is 2.18. The van der Waals surface area contributed by atoms with Crippen LogP contribution in [-0.2, 0) is 20.9 Å². The molecule has 39 heavy (non-hydrogen) atoms. The van der Waals surface area contributed by atoms with Crippen LogP contribution in [0.4, 0.5) is 11.6 Å². The number of carbonyl (C=O) groups is 3. The second-order valence-corrected chi connectivity index (χ2v) is 8.32. The van der Waals surface area contributed by atoms with E-state index < -0.39 is 29.9 Å². The molecule has 3 N–H and O–H groups in total. The number of hydrogen-bond acceptors (Lipinski definition) is 10. The summed E-state index contributed by atoms with van der Waals surface area (Å²) in [5.74, 6) is -1.41. The summed E-state index contributed by atoms with van der Waals surface area (Å²) in [4.78, 5) is 52.8. The summed E-state index contributed by atoms with van der Waals surface area (Å²) in [6.45, 7) is 0.593. The highest BCUT2D eigenvalue weighted by atomic mass is 35.5. The van der Waals surface area contributed by atoms with Gasteiger partial charge >= 0.3 is 5.97 Å². The number of halogens is 1. The van der Waals surface area contributed by atoms with Gasteiger partial charge in [0.1, 0.15) is 17.6 Å². The number of nitrogens with zero attached hydrogens (tertiary/aromatic N) is 3. The molecule has 0 aliphatic heterocycles. The van der Waals surface area contributed by atoms with Crippen molar-refractivity contribution in [2.45, 2.75) is 13.5 Å².